The number of halogens is 1. The van der Waals surface area contributed by atoms with Crippen LogP contribution < -0.4 is 25.8 Å². The topological polar surface area (TPSA) is 78.9 Å². The highest BCUT2D eigenvalue weighted by Gasteiger charge is 2.22. The van der Waals surface area contributed by atoms with Gasteiger partial charge in [0.1, 0.15) is 15.8 Å². The lowest BCUT2D eigenvalue weighted by atomic mass is 10.2. The van der Waals surface area contributed by atoms with Gasteiger partial charge in [0.05, 0.1) is 11.0 Å². The summed E-state index contributed by atoms with van der Waals surface area (Å²) >= 11 is 7.36. The highest BCUT2D eigenvalue weighted by molar-refractivity contribution is 7.12. The summed E-state index contributed by atoms with van der Waals surface area (Å²) in [4.78, 5) is 21.9. The number of hydrogen-bond donors (Lipinski definition) is 3. The Morgan fingerprint density at radius 2 is 2.21 bits per heavy atom. The normalized spacial score (nSPS) is 17.8. The molecule has 3 aromatic rings. The first kappa shape index (κ1) is 19.4. The Hall–Kier alpha value is -2.90. The number of amides is 1. The van der Waals surface area contributed by atoms with Crippen molar-refractivity contribution in [2.45, 2.75) is 19.9 Å². The zero-order valence-electron chi connectivity index (χ0n) is 16.0. The van der Waals surface area contributed by atoms with Crippen LogP contribution in [-0.4, -0.2) is 28.5 Å². The van der Waals surface area contributed by atoms with Crippen LogP contribution in [0.1, 0.15) is 23.5 Å². The molecule has 4 heterocycles. The first-order valence-electron chi connectivity index (χ1n) is 9.19. The summed E-state index contributed by atoms with van der Waals surface area (Å²) in [6.45, 7) is 8.75. The largest absolute Gasteiger partial charge is 0.381 e. The fraction of sp³-hybridized carbons (Fsp3) is 0.190. The van der Waals surface area contributed by atoms with Crippen LogP contribution in [0.3, 0.4) is 0 Å². The number of nitrogens with zero attached hydrogens (tertiary/aromatic N) is 2. The summed E-state index contributed by atoms with van der Waals surface area (Å²) in [6, 6.07) is 7.52. The number of carbonyl (C=O) groups is 1. The van der Waals surface area contributed by atoms with E-state index in [1.54, 1.807) is 12.3 Å². The number of nitrogens with one attached hydrogen (secondary N) is 3. The SMILES string of the molecule is C=c1sc2c(/c1=c1\ccc(Nc3ccnc(Cl)c3)n\c1=C\C)NC[C@@H](C)NC2=O. The van der Waals surface area contributed by atoms with Gasteiger partial charge in [0.2, 0.25) is 0 Å². The summed E-state index contributed by atoms with van der Waals surface area (Å²) in [7, 11) is 0. The van der Waals surface area contributed by atoms with Crippen LogP contribution in [0.5, 0.6) is 0 Å². The molecule has 0 saturated carbocycles. The number of aromatic nitrogens is 2. The van der Waals surface area contributed by atoms with Crippen LogP contribution >= 0.6 is 22.9 Å². The monoisotopic (exact) mass is 425 g/mol. The van der Waals surface area contributed by atoms with Crippen molar-refractivity contribution < 1.29 is 4.79 Å². The van der Waals surface area contributed by atoms with E-state index in [1.165, 1.54) is 11.3 Å². The lowest BCUT2D eigenvalue weighted by Gasteiger charge is -2.09. The van der Waals surface area contributed by atoms with Gasteiger partial charge in [-0.3, -0.25) is 4.79 Å². The molecule has 4 rings (SSSR count). The molecule has 0 radical (unpaired) electrons. The molecule has 0 aromatic carbocycles. The van der Waals surface area contributed by atoms with E-state index in [-0.39, 0.29) is 11.9 Å². The Morgan fingerprint density at radius 1 is 1.38 bits per heavy atom. The molecule has 0 fully saturated rings. The molecule has 6 nitrogen and oxygen atoms in total. The fourth-order valence-electron chi connectivity index (χ4n) is 3.29. The van der Waals surface area contributed by atoms with Crippen molar-refractivity contribution in [3.05, 3.63) is 60.8 Å². The molecular weight excluding hydrogens is 406 g/mol. The van der Waals surface area contributed by atoms with Gasteiger partial charge in [0.15, 0.2) is 0 Å². The van der Waals surface area contributed by atoms with Crippen molar-refractivity contribution in [1.29, 1.82) is 0 Å². The molecule has 8 heteroatoms. The molecule has 3 aromatic heterocycles. The van der Waals surface area contributed by atoms with Gasteiger partial charge in [0.25, 0.3) is 5.91 Å². The van der Waals surface area contributed by atoms with Crippen LogP contribution in [0.4, 0.5) is 17.2 Å². The Bertz CT molecular complexity index is 1300. The third kappa shape index (κ3) is 3.83. The molecular formula is C21H20ClN5OS. The molecule has 1 aliphatic heterocycles. The number of pyridine rings is 2. The van der Waals surface area contributed by atoms with E-state index in [0.29, 0.717) is 22.4 Å². The van der Waals surface area contributed by atoms with Gasteiger partial charge in [-0.05, 0) is 38.1 Å². The van der Waals surface area contributed by atoms with Gasteiger partial charge in [0, 0.05) is 39.4 Å². The maximum absolute atomic E-state index is 12.5. The first-order valence-corrected chi connectivity index (χ1v) is 10.4. The molecule has 1 amide bonds. The molecule has 1 atom stereocenters. The average molecular weight is 426 g/mol. The maximum atomic E-state index is 12.5. The zero-order chi connectivity index (χ0) is 20.5. The smallest absolute Gasteiger partial charge is 0.263 e. The van der Waals surface area contributed by atoms with Crippen LogP contribution in [0.25, 0.3) is 12.7 Å². The lowest BCUT2D eigenvalue weighted by molar-refractivity contribution is 0.0949. The third-order valence-electron chi connectivity index (χ3n) is 4.62. The number of anilines is 3. The van der Waals surface area contributed by atoms with Gasteiger partial charge >= 0.3 is 0 Å². The van der Waals surface area contributed by atoms with Crippen LogP contribution in [0.2, 0.25) is 5.15 Å². The average Bonchev–Trinajstić information content (AvgIpc) is 2.95. The van der Waals surface area contributed by atoms with E-state index in [1.807, 2.05) is 38.1 Å². The number of thiophene rings is 1. The quantitative estimate of drug-likeness (QED) is 0.550. The van der Waals surface area contributed by atoms with Gasteiger partial charge in [-0.2, -0.15) is 0 Å². The molecule has 148 valence electrons. The molecule has 3 N–H and O–H groups in total. The summed E-state index contributed by atoms with van der Waals surface area (Å²) in [5.74, 6) is 0.622. The van der Waals surface area contributed by atoms with Crippen LogP contribution in [-0.2, 0) is 0 Å². The van der Waals surface area contributed by atoms with Gasteiger partial charge in [-0.15, -0.1) is 11.3 Å². The fourth-order valence-corrected chi connectivity index (χ4v) is 4.45. The molecule has 29 heavy (non-hydrogen) atoms. The second kappa shape index (κ2) is 7.85. The number of hydrogen-bond acceptors (Lipinski definition) is 6. The molecule has 0 saturated heterocycles. The van der Waals surface area contributed by atoms with E-state index < -0.39 is 0 Å². The molecule has 1 aliphatic rings. The van der Waals surface area contributed by atoms with Crippen molar-refractivity contribution in [2.75, 3.05) is 17.2 Å². The molecule has 0 spiro atoms. The Labute approximate surface area is 176 Å². The Morgan fingerprint density at radius 3 is 2.97 bits per heavy atom. The summed E-state index contributed by atoms with van der Waals surface area (Å²) in [6.07, 6.45) is 3.59. The number of carbonyl (C=O) groups excluding carboxylic acids is 1. The van der Waals surface area contributed by atoms with Crippen molar-refractivity contribution in [3.63, 3.8) is 0 Å². The van der Waals surface area contributed by atoms with E-state index in [0.717, 1.165) is 31.7 Å². The number of fused-ring (bicyclic) bond motifs is 1. The second-order valence-corrected chi connectivity index (χ2v) is 8.26. The molecule has 0 aliphatic carbocycles. The highest BCUT2D eigenvalue weighted by atomic mass is 35.5. The molecule has 0 bridgehead atoms. The standard InChI is InChI=1S/C21H20ClN5OS/c1-4-15-14(5-6-17(27-15)26-13-7-8-23-16(22)9-13)18-12(3)29-20-19(18)24-10-11(2)25-21(20)28/h4-9,11,24H,3,10H2,1-2H3,(H,25,28)(H,23,26,27)/b15-4+,18-14+/t11-/m1/s1. The van der Waals surface area contributed by atoms with E-state index >= 15 is 0 Å². The minimum absolute atomic E-state index is 0.0531. The van der Waals surface area contributed by atoms with Crippen molar-refractivity contribution in [1.82, 2.24) is 15.3 Å². The predicted octanol–water partition coefficient (Wildman–Crippen LogP) is 2.98. The van der Waals surface area contributed by atoms with E-state index in [2.05, 4.69) is 27.5 Å². The van der Waals surface area contributed by atoms with Crippen molar-refractivity contribution in [2.24, 2.45) is 0 Å². The third-order valence-corrected chi connectivity index (χ3v) is 5.87. The summed E-state index contributed by atoms with van der Waals surface area (Å²) in [5, 5.41) is 12.7. The Kier molecular flexibility index (Phi) is 5.25. The van der Waals surface area contributed by atoms with Crippen LogP contribution in [0, 0.1) is 10.4 Å². The van der Waals surface area contributed by atoms with Crippen LogP contribution in [0.15, 0.2) is 30.5 Å². The molecule has 0 unspecified atom stereocenters. The van der Waals surface area contributed by atoms with Gasteiger partial charge in [-0.1, -0.05) is 24.3 Å². The lowest BCUT2D eigenvalue weighted by Crippen LogP contribution is -2.34. The van der Waals surface area contributed by atoms with Crippen molar-refractivity contribution >= 4 is 58.7 Å². The minimum Gasteiger partial charge on any atom is -0.381 e. The maximum Gasteiger partial charge on any atom is 0.263 e. The van der Waals surface area contributed by atoms with Gasteiger partial charge < -0.3 is 16.0 Å². The second-order valence-electron chi connectivity index (χ2n) is 6.77. The van der Waals surface area contributed by atoms with Gasteiger partial charge in [-0.25, -0.2) is 9.97 Å². The van der Waals surface area contributed by atoms with E-state index in [9.17, 15) is 4.79 Å². The van der Waals surface area contributed by atoms with E-state index in [4.69, 9.17) is 16.6 Å². The Balaban J connectivity index is 1.90. The number of rotatable bonds is 2. The van der Waals surface area contributed by atoms with Crippen molar-refractivity contribution in [3.8, 4) is 0 Å². The minimum atomic E-state index is -0.0681. The zero-order valence-corrected chi connectivity index (χ0v) is 17.6. The summed E-state index contributed by atoms with van der Waals surface area (Å²) in [5.41, 5.74) is 1.63. The highest BCUT2D eigenvalue weighted by Crippen LogP contribution is 2.23. The summed E-state index contributed by atoms with van der Waals surface area (Å²) < 4.78 is 0.832. The predicted molar refractivity (Wildman–Crippen MR) is 119 cm³/mol. The first-order chi connectivity index (χ1) is 14.0.